The molecular formula is C13H25N3O2. The summed E-state index contributed by atoms with van der Waals surface area (Å²) in [5.41, 5.74) is 0.876. The van der Waals surface area contributed by atoms with E-state index >= 15 is 0 Å². The molecule has 1 N–H and O–H groups in total. The standard InChI is InChI=1S/C13H25N3O2/c1-5-16(6-2)7-8-17-13-15-12(10-18-13)9-14-11(3)4/h10-11,14H,5-9H2,1-4H3. The van der Waals surface area contributed by atoms with E-state index in [-0.39, 0.29) is 0 Å². The number of aromatic nitrogens is 1. The van der Waals surface area contributed by atoms with E-state index < -0.39 is 0 Å². The van der Waals surface area contributed by atoms with Crippen molar-refractivity contribution >= 4 is 0 Å². The summed E-state index contributed by atoms with van der Waals surface area (Å²) in [5, 5.41) is 3.28. The summed E-state index contributed by atoms with van der Waals surface area (Å²) in [6.45, 7) is 12.8. The van der Waals surface area contributed by atoms with Gasteiger partial charge in [-0.15, -0.1) is 0 Å². The monoisotopic (exact) mass is 255 g/mol. The molecule has 0 radical (unpaired) electrons. The Balaban J connectivity index is 2.26. The molecular weight excluding hydrogens is 230 g/mol. The van der Waals surface area contributed by atoms with Crippen LogP contribution in [-0.2, 0) is 6.54 Å². The third-order valence-corrected chi connectivity index (χ3v) is 2.75. The molecule has 0 aliphatic rings. The number of likely N-dealkylation sites (N-methyl/N-ethyl adjacent to an activating group) is 1. The molecule has 18 heavy (non-hydrogen) atoms. The highest BCUT2D eigenvalue weighted by Gasteiger charge is 2.06. The molecule has 0 aromatic carbocycles. The minimum Gasteiger partial charge on any atom is -0.449 e. The SMILES string of the molecule is CCN(CC)CCOc1nc(CNC(C)C)co1. The van der Waals surface area contributed by atoms with Crippen LogP contribution >= 0.6 is 0 Å². The molecule has 0 aliphatic heterocycles. The Kier molecular flexibility index (Phi) is 6.75. The summed E-state index contributed by atoms with van der Waals surface area (Å²) in [6, 6.07) is 0.439. The molecule has 1 aromatic heterocycles. The third kappa shape index (κ3) is 5.51. The van der Waals surface area contributed by atoms with Crippen LogP contribution in [0.4, 0.5) is 0 Å². The van der Waals surface area contributed by atoms with Gasteiger partial charge in [0.15, 0.2) is 0 Å². The third-order valence-electron chi connectivity index (χ3n) is 2.75. The number of hydrogen-bond acceptors (Lipinski definition) is 5. The number of ether oxygens (including phenoxy) is 1. The fourth-order valence-electron chi connectivity index (χ4n) is 1.55. The summed E-state index contributed by atoms with van der Waals surface area (Å²) in [4.78, 5) is 6.56. The van der Waals surface area contributed by atoms with Gasteiger partial charge in [0.05, 0.1) is 5.69 Å². The minimum atomic E-state index is 0.364. The molecule has 1 aromatic rings. The minimum absolute atomic E-state index is 0.364. The Bertz CT molecular complexity index is 322. The first-order valence-electron chi connectivity index (χ1n) is 6.68. The second-order valence-electron chi connectivity index (χ2n) is 4.52. The van der Waals surface area contributed by atoms with Crippen LogP contribution < -0.4 is 10.1 Å². The number of hydrogen-bond donors (Lipinski definition) is 1. The first-order chi connectivity index (χ1) is 8.65. The molecule has 5 nitrogen and oxygen atoms in total. The Morgan fingerprint density at radius 3 is 2.72 bits per heavy atom. The maximum atomic E-state index is 5.48. The molecule has 0 spiro atoms. The quantitative estimate of drug-likeness (QED) is 0.730. The van der Waals surface area contributed by atoms with E-state index in [4.69, 9.17) is 9.15 Å². The summed E-state index contributed by atoms with van der Waals surface area (Å²) >= 11 is 0. The van der Waals surface area contributed by atoms with Gasteiger partial charge in [0.25, 0.3) is 0 Å². The summed E-state index contributed by atoms with van der Waals surface area (Å²) < 4.78 is 10.7. The number of oxazole rings is 1. The van der Waals surface area contributed by atoms with Crippen LogP contribution in [0.2, 0.25) is 0 Å². The van der Waals surface area contributed by atoms with Crippen molar-refractivity contribution < 1.29 is 9.15 Å². The zero-order valence-corrected chi connectivity index (χ0v) is 11.9. The van der Waals surface area contributed by atoms with Crippen molar-refractivity contribution in [3.05, 3.63) is 12.0 Å². The highest BCUT2D eigenvalue weighted by molar-refractivity contribution is 4.99. The molecule has 0 aliphatic carbocycles. The molecule has 5 heteroatoms. The van der Waals surface area contributed by atoms with Gasteiger partial charge in [0.1, 0.15) is 12.9 Å². The van der Waals surface area contributed by atoms with Gasteiger partial charge in [-0.2, -0.15) is 4.98 Å². The van der Waals surface area contributed by atoms with Crippen molar-refractivity contribution in [2.45, 2.75) is 40.3 Å². The summed E-state index contributed by atoms with van der Waals surface area (Å²) in [7, 11) is 0. The average molecular weight is 255 g/mol. The first-order valence-corrected chi connectivity index (χ1v) is 6.68. The molecule has 0 amide bonds. The lowest BCUT2D eigenvalue weighted by atomic mass is 10.4. The topological polar surface area (TPSA) is 50.5 Å². The van der Waals surface area contributed by atoms with Gasteiger partial charge >= 0.3 is 6.08 Å². The van der Waals surface area contributed by atoms with Crippen LogP contribution in [0.1, 0.15) is 33.4 Å². The van der Waals surface area contributed by atoms with E-state index in [0.29, 0.717) is 25.3 Å². The Labute approximate surface area is 110 Å². The second kappa shape index (κ2) is 8.11. The lowest BCUT2D eigenvalue weighted by molar-refractivity contribution is 0.183. The van der Waals surface area contributed by atoms with Crippen molar-refractivity contribution in [2.24, 2.45) is 0 Å². The zero-order chi connectivity index (χ0) is 13.4. The van der Waals surface area contributed by atoms with Gasteiger partial charge < -0.3 is 19.4 Å². The van der Waals surface area contributed by atoms with Crippen LogP contribution in [0, 0.1) is 0 Å². The molecule has 0 unspecified atom stereocenters. The Morgan fingerprint density at radius 2 is 2.11 bits per heavy atom. The number of nitrogens with zero attached hydrogens (tertiary/aromatic N) is 2. The fraction of sp³-hybridized carbons (Fsp3) is 0.769. The molecule has 1 heterocycles. The lowest BCUT2D eigenvalue weighted by Crippen LogP contribution is -2.27. The van der Waals surface area contributed by atoms with E-state index in [2.05, 4.69) is 42.9 Å². The van der Waals surface area contributed by atoms with Gasteiger partial charge in [-0.05, 0) is 13.1 Å². The van der Waals surface area contributed by atoms with Crippen LogP contribution in [0.15, 0.2) is 10.7 Å². The van der Waals surface area contributed by atoms with Crippen molar-refractivity contribution in [2.75, 3.05) is 26.2 Å². The molecule has 0 fully saturated rings. The summed E-state index contributed by atoms with van der Waals surface area (Å²) in [5.74, 6) is 0. The van der Waals surface area contributed by atoms with Gasteiger partial charge in [-0.25, -0.2) is 0 Å². The predicted molar refractivity (Wildman–Crippen MR) is 71.8 cm³/mol. The van der Waals surface area contributed by atoms with Crippen molar-refractivity contribution in [1.29, 1.82) is 0 Å². The van der Waals surface area contributed by atoms with E-state index in [0.717, 1.165) is 25.3 Å². The number of nitrogens with one attached hydrogen (secondary N) is 1. The smallest absolute Gasteiger partial charge is 0.393 e. The van der Waals surface area contributed by atoms with E-state index in [9.17, 15) is 0 Å². The zero-order valence-electron chi connectivity index (χ0n) is 11.9. The lowest BCUT2D eigenvalue weighted by Gasteiger charge is -2.16. The first kappa shape index (κ1) is 15.0. The Hall–Kier alpha value is -1.07. The normalized spacial score (nSPS) is 11.4. The maximum absolute atomic E-state index is 5.48. The highest BCUT2D eigenvalue weighted by atomic mass is 16.6. The fourth-order valence-corrected chi connectivity index (χ4v) is 1.55. The molecule has 1 rings (SSSR count). The largest absolute Gasteiger partial charge is 0.449 e. The van der Waals surface area contributed by atoms with Gasteiger partial charge in [0.2, 0.25) is 0 Å². The maximum Gasteiger partial charge on any atom is 0.393 e. The van der Waals surface area contributed by atoms with Gasteiger partial charge in [-0.3, -0.25) is 0 Å². The van der Waals surface area contributed by atoms with Crippen LogP contribution in [-0.4, -0.2) is 42.2 Å². The van der Waals surface area contributed by atoms with Crippen molar-refractivity contribution in [3.63, 3.8) is 0 Å². The van der Waals surface area contributed by atoms with Gasteiger partial charge in [-0.1, -0.05) is 27.7 Å². The highest BCUT2D eigenvalue weighted by Crippen LogP contribution is 2.10. The van der Waals surface area contributed by atoms with Crippen molar-refractivity contribution in [1.82, 2.24) is 15.2 Å². The molecule has 0 saturated heterocycles. The molecule has 0 saturated carbocycles. The van der Waals surface area contributed by atoms with Crippen LogP contribution in [0.5, 0.6) is 6.08 Å². The second-order valence-corrected chi connectivity index (χ2v) is 4.52. The molecule has 104 valence electrons. The Morgan fingerprint density at radius 1 is 1.39 bits per heavy atom. The summed E-state index contributed by atoms with van der Waals surface area (Å²) in [6.07, 6.45) is 2.00. The number of rotatable bonds is 9. The molecule has 0 bridgehead atoms. The van der Waals surface area contributed by atoms with E-state index in [1.807, 2.05) is 0 Å². The van der Waals surface area contributed by atoms with Gasteiger partial charge in [0, 0.05) is 19.1 Å². The van der Waals surface area contributed by atoms with Crippen LogP contribution in [0.3, 0.4) is 0 Å². The van der Waals surface area contributed by atoms with E-state index in [1.165, 1.54) is 0 Å². The predicted octanol–water partition coefficient (Wildman–Crippen LogP) is 1.89. The average Bonchev–Trinajstić information content (AvgIpc) is 2.80. The van der Waals surface area contributed by atoms with Crippen LogP contribution in [0.25, 0.3) is 0 Å². The van der Waals surface area contributed by atoms with Crippen molar-refractivity contribution in [3.8, 4) is 6.08 Å². The molecule has 0 atom stereocenters. The van der Waals surface area contributed by atoms with E-state index in [1.54, 1.807) is 6.26 Å².